The maximum Gasteiger partial charge on any atom is 0.0198 e. The summed E-state index contributed by atoms with van der Waals surface area (Å²) in [5, 5.41) is 3.44. The van der Waals surface area contributed by atoms with E-state index in [1.807, 2.05) is 0 Å². The smallest absolute Gasteiger partial charge is 0.0198 e. The summed E-state index contributed by atoms with van der Waals surface area (Å²) in [7, 11) is 0. The van der Waals surface area contributed by atoms with E-state index in [0.717, 1.165) is 13.1 Å². The molecule has 0 fully saturated rings. The molecule has 0 unspecified atom stereocenters. The number of hydrogen-bond donors (Lipinski definition) is 2. The SMILES string of the molecule is CCCCCCCCNCC(C)(C)S.Cl. The molecule has 15 heavy (non-hydrogen) atoms. The van der Waals surface area contributed by atoms with Crippen LogP contribution in [0.3, 0.4) is 0 Å². The molecule has 0 bridgehead atoms. The minimum Gasteiger partial charge on any atom is -0.315 e. The van der Waals surface area contributed by atoms with Gasteiger partial charge in [-0.2, -0.15) is 12.6 Å². The zero-order chi connectivity index (χ0) is 10.9. The van der Waals surface area contributed by atoms with Gasteiger partial charge in [0.1, 0.15) is 0 Å². The van der Waals surface area contributed by atoms with Gasteiger partial charge < -0.3 is 5.32 Å². The molecule has 0 aromatic rings. The summed E-state index contributed by atoms with van der Waals surface area (Å²) in [6, 6.07) is 0. The molecule has 0 aromatic heterocycles. The van der Waals surface area contributed by atoms with Crippen molar-refractivity contribution in [2.24, 2.45) is 0 Å². The molecule has 94 valence electrons. The van der Waals surface area contributed by atoms with Crippen molar-refractivity contribution in [3.05, 3.63) is 0 Å². The van der Waals surface area contributed by atoms with E-state index in [0.29, 0.717) is 0 Å². The van der Waals surface area contributed by atoms with Gasteiger partial charge in [-0.3, -0.25) is 0 Å². The molecule has 0 saturated carbocycles. The van der Waals surface area contributed by atoms with Crippen molar-refractivity contribution in [1.29, 1.82) is 0 Å². The van der Waals surface area contributed by atoms with Gasteiger partial charge in [0, 0.05) is 11.3 Å². The van der Waals surface area contributed by atoms with Crippen molar-refractivity contribution in [3.8, 4) is 0 Å². The van der Waals surface area contributed by atoms with Crippen LogP contribution in [0.2, 0.25) is 0 Å². The lowest BCUT2D eigenvalue weighted by molar-refractivity contribution is 0.545. The summed E-state index contributed by atoms with van der Waals surface area (Å²) >= 11 is 4.46. The lowest BCUT2D eigenvalue weighted by Crippen LogP contribution is -2.30. The normalized spacial score (nSPS) is 11.2. The van der Waals surface area contributed by atoms with Crippen LogP contribution in [0.25, 0.3) is 0 Å². The standard InChI is InChI=1S/C12H27NS.ClH/c1-4-5-6-7-8-9-10-13-11-12(2,3)14;/h13-14H,4-11H2,1-3H3;1H. The van der Waals surface area contributed by atoms with E-state index in [1.165, 1.54) is 38.5 Å². The van der Waals surface area contributed by atoms with Crippen LogP contribution >= 0.6 is 25.0 Å². The second-order valence-electron chi connectivity index (χ2n) is 4.76. The maximum atomic E-state index is 4.46. The lowest BCUT2D eigenvalue weighted by atomic mass is 10.1. The van der Waals surface area contributed by atoms with E-state index in [4.69, 9.17) is 0 Å². The van der Waals surface area contributed by atoms with Gasteiger partial charge >= 0.3 is 0 Å². The van der Waals surface area contributed by atoms with Crippen molar-refractivity contribution >= 4 is 25.0 Å². The Kier molecular flexibility index (Phi) is 13.3. The van der Waals surface area contributed by atoms with Gasteiger partial charge in [0.15, 0.2) is 0 Å². The third-order valence-corrected chi connectivity index (χ3v) is 2.42. The predicted octanol–water partition coefficient (Wildman–Crippen LogP) is 4.07. The maximum absolute atomic E-state index is 4.46. The van der Waals surface area contributed by atoms with Gasteiger partial charge in [0.25, 0.3) is 0 Å². The Hall–Kier alpha value is 0.600. The molecule has 0 aliphatic carbocycles. The van der Waals surface area contributed by atoms with Crippen LogP contribution < -0.4 is 5.32 Å². The molecular formula is C12H28ClNS. The molecule has 1 N–H and O–H groups in total. The third kappa shape index (κ3) is 17.2. The average Bonchev–Trinajstić information content (AvgIpc) is 2.08. The highest BCUT2D eigenvalue weighted by Crippen LogP contribution is 2.09. The van der Waals surface area contributed by atoms with E-state index in [9.17, 15) is 0 Å². The van der Waals surface area contributed by atoms with E-state index in [-0.39, 0.29) is 17.2 Å². The van der Waals surface area contributed by atoms with Crippen LogP contribution in [0, 0.1) is 0 Å². The van der Waals surface area contributed by atoms with Crippen molar-refractivity contribution in [1.82, 2.24) is 5.32 Å². The molecule has 0 spiro atoms. The van der Waals surface area contributed by atoms with Crippen molar-refractivity contribution in [2.45, 2.75) is 64.0 Å². The molecule has 0 aliphatic rings. The van der Waals surface area contributed by atoms with Gasteiger partial charge in [-0.1, -0.05) is 39.0 Å². The van der Waals surface area contributed by atoms with E-state index >= 15 is 0 Å². The summed E-state index contributed by atoms with van der Waals surface area (Å²) in [6.07, 6.45) is 8.24. The van der Waals surface area contributed by atoms with E-state index in [2.05, 4.69) is 38.7 Å². The van der Waals surface area contributed by atoms with Crippen LogP contribution in [0.15, 0.2) is 0 Å². The van der Waals surface area contributed by atoms with Crippen LogP contribution in [-0.2, 0) is 0 Å². The summed E-state index contributed by atoms with van der Waals surface area (Å²) in [6.45, 7) is 8.70. The Labute approximate surface area is 108 Å². The molecule has 0 saturated heterocycles. The molecule has 3 heteroatoms. The van der Waals surface area contributed by atoms with Crippen molar-refractivity contribution in [3.63, 3.8) is 0 Å². The molecule has 1 nitrogen and oxygen atoms in total. The van der Waals surface area contributed by atoms with Crippen LogP contribution in [-0.4, -0.2) is 17.8 Å². The topological polar surface area (TPSA) is 12.0 Å². The minimum atomic E-state index is 0. The molecule has 0 aliphatic heterocycles. The Morgan fingerprint density at radius 2 is 1.53 bits per heavy atom. The van der Waals surface area contributed by atoms with Gasteiger partial charge in [-0.05, 0) is 26.8 Å². The largest absolute Gasteiger partial charge is 0.315 e. The molecule has 0 aromatic carbocycles. The van der Waals surface area contributed by atoms with Crippen molar-refractivity contribution < 1.29 is 0 Å². The van der Waals surface area contributed by atoms with Gasteiger partial charge in [0.2, 0.25) is 0 Å². The minimum absolute atomic E-state index is 0. The summed E-state index contributed by atoms with van der Waals surface area (Å²) < 4.78 is 0.127. The first-order valence-electron chi connectivity index (χ1n) is 5.99. The Morgan fingerprint density at radius 1 is 1.00 bits per heavy atom. The van der Waals surface area contributed by atoms with Gasteiger partial charge in [0.05, 0.1) is 0 Å². The summed E-state index contributed by atoms with van der Waals surface area (Å²) in [4.78, 5) is 0. The lowest BCUT2D eigenvalue weighted by Gasteiger charge is -2.17. The molecule has 0 heterocycles. The number of thiol groups is 1. The quantitative estimate of drug-likeness (QED) is 0.466. The zero-order valence-corrected chi connectivity index (χ0v) is 12.2. The fraction of sp³-hybridized carbons (Fsp3) is 1.00. The molecule has 0 rings (SSSR count). The summed E-state index contributed by atoms with van der Waals surface area (Å²) in [5.74, 6) is 0. The highest BCUT2D eigenvalue weighted by atomic mass is 35.5. The van der Waals surface area contributed by atoms with Gasteiger partial charge in [-0.15, -0.1) is 12.4 Å². The highest BCUT2D eigenvalue weighted by Gasteiger charge is 2.09. The molecule has 0 amide bonds. The van der Waals surface area contributed by atoms with Gasteiger partial charge in [-0.25, -0.2) is 0 Å². The fourth-order valence-electron chi connectivity index (χ4n) is 1.42. The first kappa shape index (κ1) is 18.0. The number of unbranched alkanes of at least 4 members (excludes halogenated alkanes) is 5. The number of hydrogen-bond acceptors (Lipinski definition) is 2. The van der Waals surface area contributed by atoms with Crippen LogP contribution in [0.4, 0.5) is 0 Å². The molecular weight excluding hydrogens is 226 g/mol. The second-order valence-corrected chi connectivity index (χ2v) is 5.97. The van der Waals surface area contributed by atoms with Crippen LogP contribution in [0.5, 0.6) is 0 Å². The highest BCUT2D eigenvalue weighted by molar-refractivity contribution is 7.81. The third-order valence-electron chi connectivity index (χ3n) is 2.26. The average molecular weight is 254 g/mol. The van der Waals surface area contributed by atoms with E-state index < -0.39 is 0 Å². The second kappa shape index (κ2) is 11.1. The molecule has 0 atom stereocenters. The van der Waals surface area contributed by atoms with Crippen LogP contribution in [0.1, 0.15) is 59.3 Å². The number of halogens is 1. The predicted molar refractivity (Wildman–Crippen MR) is 76.6 cm³/mol. The first-order chi connectivity index (χ1) is 6.56. The Balaban J connectivity index is 0. The first-order valence-corrected chi connectivity index (χ1v) is 6.44. The Morgan fingerprint density at radius 3 is 2.07 bits per heavy atom. The summed E-state index contributed by atoms with van der Waals surface area (Å²) in [5.41, 5.74) is 0. The fourth-order valence-corrected chi connectivity index (χ4v) is 1.54. The van der Waals surface area contributed by atoms with E-state index in [1.54, 1.807) is 0 Å². The Bertz CT molecular complexity index is 123. The number of nitrogens with one attached hydrogen (secondary N) is 1. The van der Waals surface area contributed by atoms with Crippen molar-refractivity contribution in [2.75, 3.05) is 13.1 Å². The monoisotopic (exact) mass is 253 g/mol. The zero-order valence-electron chi connectivity index (χ0n) is 10.5. The molecule has 0 radical (unpaired) electrons. The number of rotatable bonds is 9.